The minimum Gasteiger partial charge on any atom is -0.497 e. The number of fused-ring (bicyclic) bond motifs is 1. The number of aromatic nitrogens is 2. The molecule has 0 saturated heterocycles. The van der Waals surface area contributed by atoms with Crippen molar-refractivity contribution in [2.75, 3.05) is 19.4 Å². The van der Waals surface area contributed by atoms with E-state index in [1.807, 2.05) is 24.3 Å². The van der Waals surface area contributed by atoms with Crippen LogP contribution in [-0.2, 0) is 35.5 Å². The summed E-state index contributed by atoms with van der Waals surface area (Å²) in [5.41, 5.74) is 2.66. The molecular formula is C17H21N3O4S. The van der Waals surface area contributed by atoms with Gasteiger partial charge in [0.2, 0.25) is 0 Å². The molecule has 1 amide bonds. The van der Waals surface area contributed by atoms with Gasteiger partial charge in [-0.2, -0.15) is 5.10 Å². The molecule has 0 saturated carbocycles. The molecule has 3 rings (SSSR count). The Kier molecular flexibility index (Phi) is 4.80. The Morgan fingerprint density at radius 3 is 2.72 bits per heavy atom. The van der Waals surface area contributed by atoms with Crippen molar-refractivity contribution in [2.45, 2.75) is 18.6 Å². The third-order valence-corrected chi connectivity index (χ3v) is 5.92. The third-order valence-electron chi connectivity index (χ3n) is 4.36. The maximum atomic E-state index is 12.4. The number of sulfone groups is 1. The molecule has 1 aromatic carbocycles. The molecule has 1 aliphatic heterocycles. The molecule has 0 bridgehead atoms. The molecule has 1 N–H and O–H groups in total. The summed E-state index contributed by atoms with van der Waals surface area (Å²) in [5, 5.41) is 7.06. The lowest BCUT2D eigenvalue weighted by Crippen LogP contribution is -2.28. The predicted octanol–water partition coefficient (Wildman–Crippen LogP) is 0.872. The number of nitrogens with one attached hydrogen (secondary N) is 1. The van der Waals surface area contributed by atoms with Crippen LogP contribution in [0.3, 0.4) is 0 Å². The summed E-state index contributed by atoms with van der Waals surface area (Å²) in [7, 11) is 0.201. The quantitative estimate of drug-likeness (QED) is 0.851. The van der Waals surface area contributed by atoms with Gasteiger partial charge in [-0.1, -0.05) is 12.1 Å². The van der Waals surface area contributed by atoms with Crippen LogP contribution in [0.2, 0.25) is 0 Å². The largest absolute Gasteiger partial charge is 0.497 e. The number of aryl methyl sites for hydroxylation is 1. The number of nitrogens with zero attached hydrogens (tertiary/aromatic N) is 2. The van der Waals surface area contributed by atoms with Gasteiger partial charge in [-0.05, 0) is 24.1 Å². The first-order chi connectivity index (χ1) is 11.9. The molecule has 25 heavy (non-hydrogen) atoms. The fourth-order valence-electron chi connectivity index (χ4n) is 2.99. The van der Waals surface area contributed by atoms with E-state index in [1.54, 1.807) is 18.8 Å². The Morgan fingerprint density at radius 2 is 2.04 bits per heavy atom. The van der Waals surface area contributed by atoms with E-state index >= 15 is 0 Å². The molecule has 0 fully saturated rings. The highest BCUT2D eigenvalue weighted by Gasteiger charge is 2.30. The Balaban J connectivity index is 1.66. The summed E-state index contributed by atoms with van der Waals surface area (Å²) in [5.74, 6) is 0.451. The number of carbonyl (C=O) groups is 1. The lowest BCUT2D eigenvalue weighted by Gasteiger charge is -2.13. The Hall–Kier alpha value is -2.35. The number of benzene rings is 1. The monoisotopic (exact) mass is 363 g/mol. The van der Waals surface area contributed by atoms with Gasteiger partial charge in [0.15, 0.2) is 15.5 Å². The van der Waals surface area contributed by atoms with E-state index in [-0.39, 0.29) is 23.1 Å². The van der Waals surface area contributed by atoms with Gasteiger partial charge in [0.1, 0.15) is 5.75 Å². The first kappa shape index (κ1) is 17.5. The highest BCUT2D eigenvalue weighted by atomic mass is 32.2. The first-order valence-corrected chi connectivity index (χ1v) is 9.88. The van der Waals surface area contributed by atoms with Crippen LogP contribution in [0.4, 0.5) is 0 Å². The minimum absolute atomic E-state index is 0.109. The highest BCUT2D eigenvalue weighted by Crippen LogP contribution is 2.23. The summed E-state index contributed by atoms with van der Waals surface area (Å²) in [6.07, 6.45) is 1.07. The van der Waals surface area contributed by atoms with Crippen molar-refractivity contribution in [2.24, 2.45) is 7.05 Å². The van der Waals surface area contributed by atoms with Crippen LogP contribution in [0.15, 0.2) is 24.3 Å². The van der Waals surface area contributed by atoms with E-state index in [0.29, 0.717) is 24.9 Å². The molecule has 2 aromatic rings. The molecule has 0 spiro atoms. The summed E-state index contributed by atoms with van der Waals surface area (Å²) < 4.78 is 30.5. The van der Waals surface area contributed by atoms with Crippen LogP contribution in [0.5, 0.6) is 5.75 Å². The molecule has 0 atom stereocenters. The van der Waals surface area contributed by atoms with Crippen LogP contribution < -0.4 is 10.1 Å². The molecule has 134 valence electrons. The van der Waals surface area contributed by atoms with Crippen molar-refractivity contribution < 1.29 is 17.9 Å². The van der Waals surface area contributed by atoms with Crippen LogP contribution in [-0.4, -0.2) is 43.5 Å². The van der Waals surface area contributed by atoms with E-state index in [0.717, 1.165) is 17.0 Å². The van der Waals surface area contributed by atoms with Crippen molar-refractivity contribution in [3.05, 3.63) is 46.8 Å². The van der Waals surface area contributed by atoms with Crippen molar-refractivity contribution >= 4 is 15.7 Å². The molecule has 2 heterocycles. The molecule has 8 heteroatoms. The maximum absolute atomic E-state index is 12.4. The molecule has 7 nitrogen and oxygen atoms in total. The number of amides is 1. The van der Waals surface area contributed by atoms with E-state index in [2.05, 4.69) is 10.4 Å². The second kappa shape index (κ2) is 6.87. The summed E-state index contributed by atoms with van der Waals surface area (Å²) >= 11 is 0. The lowest BCUT2D eigenvalue weighted by molar-refractivity contribution is 0.0948. The summed E-state index contributed by atoms with van der Waals surface area (Å²) in [6, 6.07) is 7.63. The zero-order valence-electron chi connectivity index (χ0n) is 14.3. The average molecular weight is 363 g/mol. The van der Waals surface area contributed by atoms with Gasteiger partial charge in [0, 0.05) is 31.3 Å². The maximum Gasteiger partial charge on any atom is 0.272 e. The van der Waals surface area contributed by atoms with E-state index in [1.165, 1.54) is 0 Å². The van der Waals surface area contributed by atoms with Crippen LogP contribution in [0.25, 0.3) is 0 Å². The molecule has 1 aliphatic rings. The van der Waals surface area contributed by atoms with Gasteiger partial charge < -0.3 is 10.1 Å². The van der Waals surface area contributed by atoms with Crippen LogP contribution in [0, 0.1) is 0 Å². The number of methoxy groups -OCH3 is 1. The number of ether oxygens (including phenoxy) is 1. The van der Waals surface area contributed by atoms with E-state index in [4.69, 9.17) is 4.74 Å². The van der Waals surface area contributed by atoms with Gasteiger partial charge in [0.05, 0.1) is 18.6 Å². The highest BCUT2D eigenvalue weighted by molar-refractivity contribution is 7.90. The van der Waals surface area contributed by atoms with E-state index < -0.39 is 9.84 Å². The average Bonchev–Trinajstić information content (AvgIpc) is 2.90. The SMILES string of the molecule is COc1ccc(CCNC(=O)c2nn(C)c3c2CS(=O)(=O)CC3)cc1. The van der Waals surface area contributed by atoms with Crippen molar-refractivity contribution in [1.29, 1.82) is 0 Å². The third kappa shape index (κ3) is 3.84. The van der Waals surface area contributed by atoms with Crippen LogP contribution in [0.1, 0.15) is 27.3 Å². The fourth-order valence-corrected chi connectivity index (χ4v) is 4.38. The Bertz CT molecular complexity index is 885. The summed E-state index contributed by atoms with van der Waals surface area (Å²) in [4.78, 5) is 12.4. The molecule has 0 aliphatic carbocycles. The van der Waals surface area contributed by atoms with E-state index in [9.17, 15) is 13.2 Å². The second-order valence-corrected chi connectivity index (χ2v) is 8.28. The fraction of sp³-hybridized carbons (Fsp3) is 0.412. The first-order valence-electron chi connectivity index (χ1n) is 8.06. The minimum atomic E-state index is -3.15. The zero-order chi connectivity index (χ0) is 18.0. The van der Waals surface area contributed by atoms with Crippen LogP contribution >= 0.6 is 0 Å². The van der Waals surface area contributed by atoms with Gasteiger partial charge in [-0.3, -0.25) is 9.48 Å². The van der Waals surface area contributed by atoms with Gasteiger partial charge in [0.25, 0.3) is 5.91 Å². The number of hydrogen-bond donors (Lipinski definition) is 1. The topological polar surface area (TPSA) is 90.3 Å². The molecule has 1 aromatic heterocycles. The predicted molar refractivity (Wildman–Crippen MR) is 93.4 cm³/mol. The standard InChI is InChI=1S/C17H21N3O4S/c1-20-15-8-10-25(22,23)11-14(15)16(19-20)17(21)18-9-7-12-3-5-13(24-2)6-4-12/h3-6H,7-11H2,1-2H3,(H,18,21). The van der Waals surface area contributed by atoms with Gasteiger partial charge >= 0.3 is 0 Å². The molecule has 0 radical (unpaired) electrons. The Labute approximate surface area is 146 Å². The van der Waals surface area contributed by atoms with Gasteiger partial charge in [-0.25, -0.2) is 8.42 Å². The number of hydrogen-bond acceptors (Lipinski definition) is 5. The Morgan fingerprint density at radius 1 is 1.32 bits per heavy atom. The normalized spacial score (nSPS) is 15.4. The van der Waals surface area contributed by atoms with Crippen molar-refractivity contribution in [1.82, 2.24) is 15.1 Å². The summed E-state index contributed by atoms with van der Waals surface area (Å²) in [6.45, 7) is 0.448. The lowest BCUT2D eigenvalue weighted by atomic mass is 10.1. The van der Waals surface area contributed by atoms with Crippen molar-refractivity contribution in [3.8, 4) is 5.75 Å². The number of carbonyl (C=O) groups excluding carboxylic acids is 1. The second-order valence-electron chi connectivity index (χ2n) is 6.09. The molecule has 0 unspecified atom stereocenters. The zero-order valence-corrected chi connectivity index (χ0v) is 15.1. The number of rotatable bonds is 5. The smallest absolute Gasteiger partial charge is 0.272 e. The van der Waals surface area contributed by atoms with Gasteiger partial charge in [-0.15, -0.1) is 0 Å². The molecular weight excluding hydrogens is 342 g/mol. The van der Waals surface area contributed by atoms with Crippen molar-refractivity contribution in [3.63, 3.8) is 0 Å².